The van der Waals surface area contributed by atoms with Crippen LogP contribution in [-0.4, -0.2) is 36.1 Å². The Labute approximate surface area is 94.2 Å². The number of nitrogens with zero attached hydrogens (tertiary/aromatic N) is 3. The molecule has 0 aliphatic carbocycles. The molecule has 0 saturated carbocycles. The zero-order chi connectivity index (χ0) is 11.2. The third-order valence-electron chi connectivity index (χ3n) is 2.20. The van der Waals surface area contributed by atoms with Crippen molar-refractivity contribution in [3.8, 4) is 5.88 Å². The standard InChI is InChI=1S/C10H15N5O/c1-16-9-3-6-11-8(15-9)7-14-10-12-4-2-5-13-10/h3,6H,2,4-5,7H2,1H3,(H2,12,13,14). The molecule has 2 rings (SSSR count). The molecule has 0 fully saturated rings. The molecule has 0 bridgehead atoms. The minimum Gasteiger partial charge on any atom is -0.481 e. The second-order valence-corrected chi connectivity index (χ2v) is 3.38. The van der Waals surface area contributed by atoms with Crippen molar-refractivity contribution in [2.45, 2.75) is 13.0 Å². The zero-order valence-electron chi connectivity index (χ0n) is 9.23. The summed E-state index contributed by atoms with van der Waals surface area (Å²) in [5.41, 5.74) is 0. The van der Waals surface area contributed by atoms with Gasteiger partial charge in [-0.15, -0.1) is 0 Å². The lowest BCUT2D eigenvalue weighted by molar-refractivity contribution is 0.394. The first-order chi connectivity index (χ1) is 7.88. The lowest BCUT2D eigenvalue weighted by Crippen LogP contribution is -2.40. The Morgan fingerprint density at radius 3 is 3.25 bits per heavy atom. The van der Waals surface area contributed by atoms with Crippen LogP contribution in [0.5, 0.6) is 5.88 Å². The lowest BCUT2D eigenvalue weighted by atomic mass is 10.4. The Balaban J connectivity index is 1.91. The van der Waals surface area contributed by atoms with E-state index in [4.69, 9.17) is 4.74 Å². The van der Waals surface area contributed by atoms with E-state index < -0.39 is 0 Å². The van der Waals surface area contributed by atoms with Crippen LogP contribution in [0.25, 0.3) is 0 Å². The summed E-state index contributed by atoms with van der Waals surface area (Å²) < 4.78 is 5.02. The minimum absolute atomic E-state index is 0.545. The maximum Gasteiger partial charge on any atom is 0.216 e. The largest absolute Gasteiger partial charge is 0.481 e. The fourth-order valence-corrected chi connectivity index (χ4v) is 1.39. The van der Waals surface area contributed by atoms with Gasteiger partial charge >= 0.3 is 0 Å². The van der Waals surface area contributed by atoms with E-state index in [1.807, 2.05) is 0 Å². The van der Waals surface area contributed by atoms with Gasteiger partial charge in [0.15, 0.2) is 11.8 Å². The van der Waals surface area contributed by atoms with E-state index in [9.17, 15) is 0 Å². The highest BCUT2D eigenvalue weighted by atomic mass is 16.5. The first-order valence-electron chi connectivity index (χ1n) is 5.26. The number of aromatic nitrogens is 2. The molecule has 0 spiro atoms. The van der Waals surface area contributed by atoms with Crippen molar-refractivity contribution >= 4 is 5.96 Å². The molecule has 6 nitrogen and oxygen atoms in total. The van der Waals surface area contributed by atoms with Crippen LogP contribution in [0.4, 0.5) is 0 Å². The molecule has 6 heteroatoms. The Hall–Kier alpha value is -1.85. The van der Waals surface area contributed by atoms with Gasteiger partial charge in [-0.05, 0) is 6.42 Å². The molecule has 0 unspecified atom stereocenters. The molecular formula is C10H15N5O. The van der Waals surface area contributed by atoms with Crippen LogP contribution < -0.4 is 15.4 Å². The highest BCUT2D eigenvalue weighted by molar-refractivity contribution is 5.80. The summed E-state index contributed by atoms with van der Waals surface area (Å²) in [6, 6.07) is 1.72. The minimum atomic E-state index is 0.545. The fourth-order valence-electron chi connectivity index (χ4n) is 1.39. The van der Waals surface area contributed by atoms with Gasteiger partial charge in [0.05, 0.1) is 13.7 Å². The number of methoxy groups -OCH3 is 1. The predicted molar refractivity (Wildman–Crippen MR) is 60.3 cm³/mol. The third kappa shape index (κ3) is 2.82. The number of nitrogens with one attached hydrogen (secondary N) is 2. The average molecular weight is 221 g/mol. The Morgan fingerprint density at radius 1 is 1.56 bits per heavy atom. The van der Waals surface area contributed by atoms with Crippen molar-refractivity contribution in [2.75, 3.05) is 20.2 Å². The van der Waals surface area contributed by atoms with Crippen molar-refractivity contribution in [3.63, 3.8) is 0 Å². The van der Waals surface area contributed by atoms with Gasteiger partial charge in [0.25, 0.3) is 0 Å². The van der Waals surface area contributed by atoms with Gasteiger partial charge in [-0.3, -0.25) is 4.99 Å². The molecule has 0 saturated heterocycles. The van der Waals surface area contributed by atoms with Crippen LogP contribution in [-0.2, 0) is 6.54 Å². The molecule has 2 heterocycles. The maximum absolute atomic E-state index is 5.02. The predicted octanol–water partition coefficient (Wildman–Crippen LogP) is -0.0759. The van der Waals surface area contributed by atoms with E-state index in [1.165, 1.54) is 0 Å². The van der Waals surface area contributed by atoms with E-state index in [1.54, 1.807) is 19.4 Å². The molecule has 0 radical (unpaired) electrons. The number of ether oxygens (including phenoxy) is 1. The molecule has 1 aromatic rings. The summed E-state index contributed by atoms with van der Waals surface area (Å²) in [6.45, 7) is 2.38. The highest BCUT2D eigenvalue weighted by Crippen LogP contribution is 2.03. The second-order valence-electron chi connectivity index (χ2n) is 3.38. The van der Waals surface area contributed by atoms with Crippen LogP contribution in [0.2, 0.25) is 0 Å². The maximum atomic E-state index is 5.02. The normalized spacial score (nSPS) is 14.9. The van der Waals surface area contributed by atoms with Crippen molar-refractivity contribution < 1.29 is 4.74 Å². The number of aliphatic imine (C=N–C) groups is 1. The van der Waals surface area contributed by atoms with Gasteiger partial charge in [-0.1, -0.05) is 0 Å². The van der Waals surface area contributed by atoms with E-state index in [2.05, 4.69) is 25.6 Å². The number of hydrogen-bond donors (Lipinski definition) is 2. The third-order valence-corrected chi connectivity index (χ3v) is 2.20. The topological polar surface area (TPSA) is 71.4 Å². The molecule has 2 N–H and O–H groups in total. The summed E-state index contributed by atoms with van der Waals surface area (Å²) in [5, 5.41) is 6.32. The summed E-state index contributed by atoms with van der Waals surface area (Å²) in [5.74, 6) is 2.08. The molecule has 0 aromatic carbocycles. The van der Waals surface area contributed by atoms with Gasteiger partial charge in [-0.25, -0.2) is 4.98 Å². The second kappa shape index (κ2) is 5.29. The molecule has 0 atom stereocenters. The summed E-state index contributed by atoms with van der Waals surface area (Å²) >= 11 is 0. The van der Waals surface area contributed by atoms with Crippen LogP contribution >= 0.6 is 0 Å². The van der Waals surface area contributed by atoms with E-state index in [0.29, 0.717) is 18.2 Å². The Kier molecular flexibility index (Phi) is 3.53. The number of hydrogen-bond acceptors (Lipinski definition) is 6. The number of guanidine groups is 1. The summed E-state index contributed by atoms with van der Waals surface area (Å²) in [4.78, 5) is 12.6. The summed E-state index contributed by atoms with van der Waals surface area (Å²) in [6.07, 6.45) is 2.76. The fraction of sp³-hybridized carbons (Fsp3) is 0.500. The molecule has 16 heavy (non-hydrogen) atoms. The first kappa shape index (κ1) is 10.7. The van der Waals surface area contributed by atoms with E-state index >= 15 is 0 Å². The van der Waals surface area contributed by atoms with Crippen molar-refractivity contribution in [1.29, 1.82) is 0 Å². The van der Waals surface area contributed by atoms with Gasteiger partial charge in [0, 0.05) is 25.4 Å². The molecule has 1 aromatic heterocycles. The quantitative estimate of drug-likeness (QED) is 0.747. The van der Waals surface area contributed by atoms with Crippen LogP contribution in [0.1, 0.15) is 12.2 Å². The zero-order valence-corrected chi connectivity index (χ0v) is 9.23. The molecular weight excluding hydrogens is 206 g/mol. The number of rotatable bonds is 3. The Morgan fingerprint density at radius 2 is 2.50 bits per heavy atom. The smallest absolute Gasteiger partial charge is 0.216 e. The van der Waals surface area contributed by atoms with Crippen molar-refractivity contribution in [3.05, 3.63) is 18.1 Å². The van der Waals surface area contributed by atoms with Crippen LogP contribution in [0.15, 0.2) is 17.3 Å². The SMILES string of the molecule is COc1ccnc(CNC2=NCCCN2)n1. The van der Waals surface area contributed by atoms with Gasteiger partial charge in [0.1, 0.15) is 0 Å². The lowest BCUT2D eigenvalue weighted by Gasteiger charge is -2.15. The first-order valence-corrected chi connectivity index (χ1v) is 5.26. The molecule has 86 valence electrons. The average Bonchev–Trinajstić information content (AvgIpc) is 2.38. The van der Waals surface area contributed by atoms with E-state index in [0.717, 1.165) is 25.5 Å². The molecule has 1 aliphatic rings. The van der Waals surface area contributed by atoms with Gasteiger partial charge < -0.3 is 15.4 Å². The van der Waals surface area contributed by atoms with E-state index in [-0.39, 0.29) is 0 Å². The van der Waals surface area contributed by atoms with Crippen molar-refractivity contribution in [2.24, 2.45) is 4.99 Å². The summed E-state index contributed by atoms with van der Waals surface area (Å²) in [7, 11) is 1.59. The molecule has 1 aliphatic heterocycles. The van der Waals surface area contributed by atoms with Crippen molar-refractivity contribution in [1.82, 2.24) is 20.6 Å². The van der Waals surface area contributed by atoms with Crippen LogP contribution in [0, 0.1) is 0 Å². The van der Waals surface area contributed by atoms with Crippen LogP contribution in [0.3, 0.4) is 0 Å². The van der Waals surface area contributed by atoms with Gasteiger partial charge in [-0.2, -0.15) is 4.98 Å². The monoisotopic (exact) mass is 221 g/mol. The van der Waals surface area contributed by atoms with Gasteiger partial charge in [0.2, 0.25) is 5.88 Å². The Bertz CT molecular complexity index is 379. The highest BCUT2D eigenvalue weighted by Gasteiger charge is 2.04. The molecule has 0 amide bonds.